The third kappa shape index (κ3) is 6.51. The average Bonchev–Trinajstić information content (AvgIpc) is 3.00. The maximum Gasteiger partial charge on any atom is 0.220 e. The summed E-state index contributed by atoms with van der Waals surface area (Å²) in [4.78, 5) is 4.86. The molecule has 4 nitrogen and oxygen atoms in total. The van der Waals surface area contributed by atoms with Gasteiger partial charge in [0.05, 0.1) is 55.0 Å². The Morgan fingerprint density at radius 3 is 1.26 bits per heavy atom. The number of aromatic nitrogens is 2. The Bertz CT molecular complexity index is 5380. The van der Waals surface area contributed by atoms with Crippen LogP contribution in [0.15, 0.2) is 255 Å². The Morgan fingerprint density at radius 1 is 0.354 bits per heavy atom. The molecule has 0 unspecified atom stereocenters. The summed E-state index contributed by atoms with van der Waals surface area (Å²) in [5.74, 6) is 0. The van der Waals surface area contributed by atoms with Gasteiger partial charge in [0.15, 0.2) is 0 Å². The first kappa shape index (κ1) is 46.3. The summed E-state index contributed by atoms with van der Waals surface area (Å²) in [7, 11) is 0. The summed E-state index contributed by atoms with van der Waals surface area (Å²) < 4.78 is 9.51. The van der Waals surface area contributed by atoms with Gasteiger partial charge in [-0.2, -0.15) is 5.26 Å². The summed E-state index contributed by atoms with van der Waals surface area (Å²) in [6.07, 6.45) is 0. The fraction of sp³-hybridized carbons (Fsp3) is 0. The van der Waals surface area contributed by atoms with Crippen LogP contribution in [0.1, 0.15) is 5.56 Å². The standard InChI is InChI=1S/C76H42N4S2/c1-78-70-68(55-34-16-26-45-24-8-10-28-49(45)55)61(44-77)71(79-62-36-18-32-51(47-20-4-2-5-21-47)66(62)59-42-40-57-53-30-12-14-38-64(53)81-75(57)72(59)79)69(56-35-17-27-46-25-9-11-29-50(46)56)74(70)80-63-37-19-33-52(48-22-6-3-7-23-48)67(63)60-43-41-58-54-31-13-15-39-65(54)82-76(58)73(60)80/h2-43H. The molecule has 0 aliphatic heterocycles. The van der Waals surface area contributed by atoms with Crippen molar-refractivity contribution in [3.8, 4) is 62.0 Å². The van der Waals surface area contributed by atoms with E-state index in [2.05, 4.69) is 270 Å². The second-order valence-corrected chi connectivity index (χ2v) is 23.2. The van der Waals surface area contributed by atoms with Gasteiger partial charge in [-0.05, 0) is 79.2 Å². The molecule has 0 aliphatic carbocycles. The Labute approximate surface area is 478 Å². The van der Waals surface area contributed by atoms with Crippen LogP contribution in [0.4, 0.5) is 5.69 Å². The SMILES string of the molecule is [C-]#[N+]c1c(-c2cccc3ccccc23)c(C#N)c(-n2c3cccc(-c4ccccc4)c3c3ccc4c5ccccc5sc4c32)c(-c2cccc3ccccc23)c1-n1c2cccc(-c3ccccc3)c2c2ccc3c4ccccc4sc3c21. The van der Waals surface area contributed by atoms with Crippen LogP contribution in [0.5, 0.6) is 0 Å². The van der Waals surface area contributed by atoms with Gasteiger partial charge in [0.25, 0.3) is 0 Å². The molecule has 0 amide bonds. The Morgan fingerprint density at radius 2 is 0.756 bits per heavy atom. The van der Waals surface area contributed by atoms with E-state index in [1.165, 1.54) is 20.2 Å². The van der Waals surface area contributed by atoms with E-state index in [1.54, 1.807) is 22.7 Å². The van der Waals surface area contributed by atoms with Crippen molar-refractivity contribution < 1.29 is 0 Å². The fourth-order valence-corrected chi connectivity index (χ4v) is 16.1. The van der Waals surface area contributed by atoms with Gasteiger partial charge in [-0.1, -0.05) is 231 Å². The Balaban J connectivity index is 1.20. The van der Waals surface area contributed by atoms with Gasteiger partial charge in [0, 0.05) is 63.6 Å². The molecule has 6 heteroatoms. The van der Waals surface area contributed by atoms with E-state index in [-0.39, 0.29) is 0 Å². The highest BCUT2D eigenvalue weighted by molar-refractivity contribution is 7.27. The first-order valence-corrected chi connectivity index (χ1v) is 29.1. The number of fused-ring (bicyclic) bond motifs is 16. The Kier molecular flexibility index (Phi) is 10.1. The van der Waals surface area contributed by atoms with Gasteiger partial charge in [0.1, 0.15) is 6.07 Å². The number of hydrogen-bond donors (Lipinski definition) is 0. The van der Waals surface area contributed by atoms with E-state index in [0.29, 0.717) is 16.8 Å². The van der Waals surface area contributed by atoms with Crippen LogP contribution >= 0.6 is 22.7 Å². The number of hydrogen-bond acceptors (Lipinski definition) is 3. The van der Waals surface area contributed by atoms with Crippen molar-refractivity contribution >= 4 is 134 Å². The normalized spacial score (nSPS) is 11.9. The van der Waals surface area contributed by atoms with Crippen LogP contribution < -0.4 is 0 Å². The first-order valence-electron chi connectivity index (χ1n) is 27.5. The Hall–Kier alpha value is -10.6. The first-order chi connectivity index (χ1) is 40.7. The number of nitriles is 1. The molecule has 0 saturated heterocycles. The maximum atomic E-state index is 12.7. The molecule has 0 radical (unpaired) electrons. The molecule has 0 N–H and O–H groups in total. The van der Waals surface area contributed by atoms with Crippen LogP contribution in [0.2, 0.25) is 0 Å². The largest absolute Gasteiger partial charge is 0.317 e. The van der Waals surface area contributed by atoms with Gasteiger partial charge < -0.3 is 9.13 Å². The molecule has 4 aromatic heterocycles. The number of nitrogens with zero attached hydrogens (tertiary/aromatic N) is 4. The highest BCUT2D eigenvalue weighted by Gasteiger charge is 2.34. The fourth-order valence-electron chi connectivity index (χ4n) is 13.6. The minimum Gasteiger partial charge on any atom is -0.317 e. The van der Waals surface area contributed by atoms with Crippen LogP contribution in [-0.2, 0) is 0 Å². The lowest BCUT2D eigenvalue weighted by Gasteiger charge is -2.27. The molecular weight excluding hydrogens is 1030 g/mol. The summed E-state index contributed by atoms with van der Waals surface area (Å²) in [6.45, 7) is 9.92. The smallest absolute Gasteiger partial charge is 0.220 e. The van der Waals surface area contributed by atoms with Crippen molar-refractivity contribution in [2.75, 3.05) is 0 Å². The predicted molar refractivity (Wildman–Crippen MR) is 349 cm³/mol. The molecule has 13 aromatic carbocycles. The zero-order valence-corrected chi connectivity index (χ0v) is 45.5. The molecule has 4 heterocycles. The molecule has 0 saturated carbocycles. The monoisotopic (exact) mass is 1070 g/mol. The molecule has 17 rings (SSSR count). The van der Waals surface area contributed by atoms with E-state index < -0.39 is 0 Å². The van der Waals surface area contributed by atoms with E-state index in [4.69, 9.17) is 4.85 Å². The molecular formula is C76H42N4S2. The molecule has 378 valence electrons. The van der Waals surface area contributed by atoms with Crippen molar-refractivity contribution in [3.63, 3.8) is 0 Å². The van der Waals surface area contributed by atoms with E-state index in [0.717, 1.165) is 136 Å². The van der Waals surface area contributed by atoms with Crippen molar-refractivity contribution in [3.05, 3.63) is 272 Å². The maximum absolute atomic E-state index is 12.7. The van der Waals surface area contributed by atoms with Gasteiger partial charge >= 0.3 is 0 Å². The van der Waals surface area contributed by atoms with Crippen LogP contribution in [-0.4, -0.2) is 9.13 Å². The zero-order chi connectivity index (χ0) is 54.2. The van der Waals surface area contributed by atoms with Crippen LogP contribution in [0.25, 0.3) is 166 Å². The lowest BCUT2D eigenvalue weighted by molar-refractivity contribution is 1.14. The summed E-state index contributed by atoms with van der Waals surface area (Å²) >= 11 is 3.60. The number of rotatable bonds is 6. The molecule has 0 fully saturated rings. The highest BCUT2D eigenvalue weighted by Crippen LogP contribution is 2.57. The summed E-state index contributed by atoms with van der Waals surface area (Å²) in [5, 5.41) is 25.8. The van der Waals surface area contributed by atoms with Gasteiger partial charge in [-0.25, -0.2) is 4.85 Å². The number of thiophene rings is 2. The molecule has 0 spiro atoms. The van der Waals surface area contributed by atoms with Crippen LogP contribution in [0.3, 0.4) is 0 Å². The van der Waals surface area contributed by atoms with E-state index in [9.17, 15) is 11.8 Å². The summed E-state index contributed by atoms with van der Waals surface area (Å²) in [5.41, 5.74) is 13.8. The van der Waals surface area contributed by atoms with E-state index in [1.807, 2.05) is 0 Å². The third-order valence-corrected chi connectivity index (χ3v) is 19.4. The topological polar surface area (TPSA) is 38.0 Å². The molecule has 17 aromatic rings. The molecule has 0 aliphatic rings. The van der Waals surface area contributed by atoms with Crippen molar-refractivity contribution in [1.82, 2.24) is 9.13 Å². The van der Waals surface area contributed by atoms with Crippen molar-refractivity contribution in [1.29, 1.82) is 5.26 Å². The quantitative estimate of drug-likeness (QED) is 0.153. The third-order valence-electron chi connectivity index (χ3n) is 17.0. The minimum atomic E-state index is 0.402. The number of benzene rings is 13. The van der Waals surface area contributed by atoms with Crippen molar-refractivity contribution in [2.24, 2.45) is 0 Å². The summed E-state index contributed by atoms with van der Waals surface area (Å²) in [6, 6.07) is 94.0. The van der Waals surface area contributed by atoms with Crippen molar-refractivity contribution in [2.45, 2.75) is 0 Å². The zero-order valence-electron chi connectivity index (χ0n) is 43.9. The van der Waals surface area contributed by atoms with Gasteiger partial charge in [-0.15, -0.1) is 22.7 Å². The van der Waals surface area contributed by atoms with Crippen LogP contribution in [0, 0.1) is 17.9 Å². The lowest BCUT2D eigenvalue weighted by Crippen LogP contribution is -2.09. The second kappa shape index (κ2) is 18.0. The van der Waals surface area contributed by atoms with Gasteiger partial charge in [-0.3, -0.25) is 0 Å². The second-order valence-electron chi connectivity index (χ2n) is 21.1. The average molecular weight is 1080 g/mol. The minimum absolute atomic E-state index is 0.402. The van der Waals surface area contributed by atoms with Gasteiger partial charge in [0.2, 0.25) is 5.69 Å². The molecule has 0 atom stereocenters. The highest BCUT2D eigenvalue weighted by atomic mass is 32.1. The predicted octanol–water partition coefficient (Wildman–Crippen LogP) is 22.0. The van der Waals surface area contributed by atoms with E-state index >= 15 is 0 Å². The molecule has 82 heavy (non-hydrogen) atoms. The molecule has 0 bridgehead atoms. The lowest BCUT2D eigenvalue weighted by atomic mass is 9.85.